The van der Waals surface area contributed by atoms with E-state index in [0.29, 0.717) is 24.4 Å². The fourth-order valence-corrected chi connectivity index (χ4v) is 5.43. The summed E-state index contributed by atoms with van der Waals surface area (Å²) in [5.41, 5.74) is 2.71. The summed E-state index contributed by atoms with van der Waals surface area (Å²) in [6, 6.07) is 3.59. The van der Waals surface area contributed by atoms with Crippen molar-refractivity contribution < 1.29 is 16.8 Å². The predicted molar refractivity (Wildman–Crippen MR) is 90.4 cm³/mol. The molecule has 1 saturated heterocycles. The topological polar surface area (TPSA) is 74.8 Å². The second-order valence-corrected chi connectivity index (χ2v) is 10.0. The molecule has 0 unspecified atom stereocenters. The summed E-state index contributed by atoms with van der Waals surface area (Å²) in [5, 5.41) is 0. The zero-order chi connectivity index (χ0) is 17.4. The molecule has 6 nitrogen and oxygen atoms in total. The number of sulfonamides is 2. The third kappa shape index (κ3) is 3.93. The summed E-state index contributed by atoms with van der Waals surface area (Å²) < 4.78 is 51.9. The van der Waals surface area contributed by atoms with E-state index in [1.807, 2.05) is 19.9 Å². The highest BCUT2D eigenvalue weighted by Crippen LogP contribution is 2.24. The first kappa shape index (κ1) is 18.4. The van der Waals surface area contributed by atoms with Gasteiger partial charge in [0.2, 0.25) is 20.0 Å². The van der Waals surface area contributed by atoms with Crippen LogP contribution in [0.25, 0.3) is 0 Å². The van der Waals surface area contributed by atoms with E-state index in [0.717, 1.165) is 22.9 Å². The van der Waals surface area contributed by atoms with Crippen LogP contribution in [0.2, 0.25) is 0 Å². The minimum atomic E-state index is -3.61. The molecule has 0 saturated carbocycles. The van der Waals surface area contributed by atoms with Gasteiger partial charge in [-0.1, -0.05) is 6.07 Å². The Kier molecular flexibility index (Phi) is 5.20. The van der Waals surface area contributed by atoms with Gasteiger partial charge in [0.15, 0.2) is 0 Å². The third-order valence-electron chi connectivity index (χ3n) is 4.29. The average Bonchev–Trinajstić information content (AvgIpc) is 2.68. The number of rotatable bonds is 3. The van der Waals surface area contributed by atoms with E-state index >= 15 is 0 Å². The van der Waals surface area contributed by atoms with Crippen molar-refractivity contribution in [3.8, 4) is 0 Å². The molecule has 1 heterocycles. The lowest BCUT2D eigenvalue weighted by Crippen LogP contribution is -2.37. The standard InChI is InChI=1S/C15H24N2O4S2/c1-12-10-14(3)15(11-13(12)2)23(20,21)17-7-5-6-16(8-9-17)22(4,18)19/h10-11H,5-9H2,1-4H3. The van der Waals surface area contributed by atoms with Crippen LogP contribution in [0, 0.1) is 20.8 Å². The molecule has 0 spiro atoms. The van der Waals surface area contributed by atoms with E-state index < -0.39 is 20.0 Å². The molecule has 0 N–H and O–H groups in total. The van der Waals surface area contributed by atoms with Gasteiger partial charge in [-0.3, -0.25) is 0 Å². The number of hydrogen-bond acceptors (Lipinski definition) is 4. The third-order valence-corrected chi connectivity index (χ3v) is 7.64. The molecule has 1 aromatic carbocycles. The Morgan fingerprint density at radius 2 is 1.30 bits per heavy atom. The Hall–Kier alpha value is -0.960. The highest BCUT2D eigenvalue weighted by atomic mass is 32.2. The van der Waals surface area contributed by atoms with E-state index in [9.17, 15) is 16.8 Å². The van der Waals surface area contributed by atoms with Crippen LogP contribution in [0.4, 0.5) is 0 Å². The fourth-order valence-electron chi connectivity index (χ4n) is 2.79. The average molecular weight is 361 g/mol. The SMILES string of the molecule is Cc1cc(C)c(S(=O)(=O)N2CCCN(S(C)(=O)=O)CC2)cc1C. The molecule has 0 atom stereocenters. The van der Waals surface area contributed by atoms with Crippen LogP contribution in [0.3, 0.4) is 0 Å². The summed E-state index contributed by atoms with van der Waals surface area (Å²) in [4.78, 5) is 0.313. The van der Waals surface area contributed by atoms with E-state index in [1.165, 1.54) is 8.61 Å². The van der Waals surface area contributed by atoms with Gasteiger partial charge in [-0.15, -0.1) is 0 Å². The fraction of sp³-hybridized carbons (Fsp3) is 0.600. The maximum Gasteiger partial charge on any atom is 0.243 e. The lowest BCUT2D eigenvalue weighted by atomic mass is 10.1. The van der Waals surface area contributed by atoms with E-state index in [2.05, 4.69) is 0 Å². The van der Waals surface area contributed by atoms with Gasteiger partial charge in [-0.25, -0.2) is 21.1 Å². The second-order valence-electron chi connectivity index (χ2n) is 6.12. The van der Waals surface area contributed by atoms with Crippen LogP contribution in [-0.4, -0.2) is 57.9 Å². The first-order chi connectivity index (χ1) is 10.5. The van der Waals surface area contributed by atoms with Crippen molar-refractivity contribution in [3.63, 3.8) is 0 Å². The van der Waals surface area contributed by atoms with E-state index in [-0.39, 0.29) is 13.1 Å². The van der Waals surface area contributed by atoms with Crippen molar-refractivity contribution in [2.24, 2.45) is 0 Å². The quantitative estimate of drug-likeness (QED) is 0.813. The zero-order valence-corrected chi connectivity index (χ0v) is 15.7. The molecule has 1 aromatic rings. The Morgan fingerprint density at radius 3 is 1.91 bits per heavy atom. The number of aryl methyl sites for hydroxylation is 3. The first-order valence-corrected chi connectivity index (χ1v) is 10.9. The van der Waals surface area contributed by atoms with Crippen LogP contribution in [0.5, 0.6) is 0 Å². The Bertz CT molecular complexity index is 801. The largest absolute Gasteiger partial charge is 0.243 e. The van der Waals surface area contributed by atoms with Gasteiger partial charge >= 0.3 is 0 Å². The normalized spacial score (nSPS) is 18.8. The Balaban J connectivity index is 2.32. The van der Waals surface area contributed by atoms with Crippen molar-refractivity contribution in [2.75, 3.05) is 32.4 Å². The molecule has 0 amide bonds. The second kappa shape index (κ2) is 6.51. The summed E-state index contributed by atoms with van der Waals surface area (Å²) >= 11 is 0. The minimum Gasteiger partial charge on any atom is -0.213 e. The summed E-state index contributed by atoms with van der Waals surface area (Å²) in [5.74, 6) is 0. The highest BCUT2D eigenvalue weighted by molar-refractivity contribution is 7.89. The molecular weight excluding hydrogens is 336 g/mol. The predicted octanol–water partition coefficient (Wildman–Crippen LogP) is 1.27. The van der Waals surface area contributed by atoms with E-state index in [4.69, 9.17) is 0 Å². The van der Waals surface area contributed by atoms with Gasteiger partial charge in [-0.05, 0) is 49.9 Å². The Labute approximate surface area is 139 Å². The van der Waals surface area contributed by atoms with Crippen molar-refractivity contribution in [1.82, 2.24) is 8.61 Å². The van der Waals surface area contributed by atoms with Gasteiger partial charge in [0.25, 0.3) is 0 Å². The molecule has 1 aliphatic rings. The van der Waals surface area contributed by atoms with Crippen molar-refractivity contribution >= 4 is 20.0 Å². The lowest BCUT2D eigenvalue weighted by Gasteiger charge is -2.22. The maximum absolute atomic E-state index is 12.9. The molecular formula is C15H24N2O4S2. The first-order valence-electron chi connectivity index (χ1n) is 7.56. The van der Waals surface area contributed by atoms with Gasteiger partial charge in [0, 0.05) is 26.2 Å². The minimum absolute atomic E-state index is 0.182. The molecule has 23 heavy (non-hydrogen) atoms. The van der Waals surface area contributed by atoms with Gasteiger partial charge in [-0.2, -0.15) is 4.31 Å². The van der Waals surface area contributed by atoms with Crippen LogP contribution in [0.15, 0.2) is 17.0 Å². The molecule has 2 rings (SSSR count). The molecule has 1 aliphatic heterocycles. The summed E-state index contributed by atoms with van der Waals surface area (Å²) in [6.45, 7) is 6.71. The molecule has 130 valence electrons. The maximum atomic E-state index is 12.9. The van der Waals surface area contributed by atoms with E-state index in [1.54, 1.807) is 13.0 Å². The van der Waals surface area contributed by atoms with Crippen LogP contribution in [-0.2, 0) is 20.0 Å². The lowest BCUT2D eigenvalue weighted by molar-refractivity contribution is 0.406. The summed E-state index contributed by atoms with van der Waals surface area (Å²) in [7, 11) is -6.90. The van der Waals surface area contributed by atoms with Gasteiger partial charge in [0.05, 0.1) is 11.2 Å². The van der Waals surface area contributed by atoms with Crippen molar-refractivity contribution in [3.05, 3.63) is 28.8 Å². The Morgan fingerprint density at radius 1 is 0.783 bits per heavy atom. The van der Waals surface area contributed by atoms with Gasteiger partial charge < -0.3 is 0 Å². The van der Waals surface area contributed by atoms with Crippen LogP contribution < -0.4 is 0 Å². The highest BCUT2D eigenvalue weighted by Gasteiger charge is 2.30. The molecule has 0 radical (unpaired) electrons. The van der Waals surface area contributed by atoms with Crippen LogP contribution in [0.1, 0.15) is 23.1 Å². The monoisotopic (exact) mass is 360 g/mol. The van der Waals surface area contributed by atoms with Crippen molar-refractivity contribution in [1.29, 1.82) is 0 Å². The number of nitrogens with zero attached hydrogens (tertiary/aromatic N) is 2. The van der Waals surface area contributed by atoms with Crippen molar-refractivity contribution in [2.45, 2.75) is 32.1 Å². The van der Waals surface area contributed by atoms with Crippen LogP contribution >= 0.6 is 0 Å². The molecule has 0 bridgehead atoms. The number of hydrogen-bond donors (Lipinski definition) is 0. The molecule has 0 aromatic heterocycles. The molecule has 1 fully saturated rings. The molecule has 0 aliphatic carbocycles. The zero-order valence-electron chi connectivity index (χ0n) is 14.0. The van der Waals surface area contributed by atoms with Gasteiger partial charge in [0.1, 0.15) is 0 Å². The number of benzene rings is 1. The smallest absolute Gasteiger partial charge is 0.213 e. The summed E-state index contributed by atoms with van der Waals surface area (Å²) in [6.07, 6.45) is 1.65. The molecule has 8 heteroatoms.